The molecule has 0 aliphatic heterocycles. The first-order valence-corrected chi connectivity index (χ1v) is 8.39. The number of carbonyl (C=O) groups excluding carboxylic acids is 1. The van der Waals surface area contributed by atoms with E-state index >= 15 is 0 Å². The van der Waals surface area contributed by atoms with Crippen molar-refractivity contribution in [2.45, 2.75) is 12.5 Å². The van der Waals surface area contributed by atoms with Crippen LogP contribution in [0.25, 0.3) is 0 Å². The number of hydrogen-bond acceptors (Lipinski definition) is 7. The molecule has 1 unspecified atom stereocenters. The SMILES string of the molecule is O=C(CCNCC(O)CO)Nc1ccc(Nc2ccccc2)c([N+](=O)[O-])c1. The smallest absolute Gasteiger partial charge is 0.294 e. The van der Waals surface area contributed by atoms with Gasteiger partial charge in [0.05, 0.1) is 17.6 Å². The largest absolute Gasteiger partial charge is 0.394 e. The van der Waals surface area contributed by atoms with Gasteiger partial charge in [0.15, 0.2) is 0 Å². The maximum atomic E-state index is 11.9. The van der Waals surface area contributed by atoms with Gasteiger partial charge in [0.1, 0.15) is 5.69 Å². The van der Waals surface area contributed by atoms with Crippen LogP contribution in [0.15, 0.2) is 48.5 Å². The van der Waals surface area contributed by atoms with Crippen LogP contribution in [-0.2, 0) is 4.79 Å². The molecule has 9 nitrogen and oxygen atoms in total. The van der Waals surface area contributed by atoms with Crippen molar-refractivity contribution >= 4 is 28.7 Å². The summed E-state index contributed by atoms with van der Waals surface area (Å²) in [6, 6.07) is 13.5. The van der Waals surface area contributed by atoms with E-state index in [0.29, 0.717) is 23.6 Å². The van der Waals surface area contributed by atoms with Gasteiger partial charge < -0.3 is 26.2 Å². The van der Waals surface area contributed by atoms with Crippen molar-refractivity contribution in [1.29, 1.82) is 0 Å². The van der Waals surface area contributed by atoms with E-state index < -0.39 is 11.0 Å². The standard InChI is InChI=1S/C18H22N4O5/c23-12-15(24)11-19-9-8-18(25)21-14-6-7-16(17(10-14)22(26)27)20-13-4-2-1-3-5-13/h1-7,10,15,19-20,23-24H,8-9,11-12H2,(H,21,25). The molecule has 1 atom stereocenters. The van der Waals surface area contributed by atoms with Crippen molar-refractivity contribution in [1.82, 2.24) is 5.32 Å². The summed E-state index contributed by atoms with van der Waals surface area (Å²) >= 11 is 0. The first-order valence-electron chi connectivity index (χ1n) is 8.39. The highest BCUT2D eigenvalue weighted by atomic mass is 16.6. The molecule has 2 aromatic rings. The Morgan fingerprint density at radius 1 is 1.15 bits per heavy atom. The van der Waals surface area contributed by atoms with E-state index in [-0.39, 0.29) is 31.2 Å². The van der Waals surface area contributed by atoms with E-state index in [1.54, 1.807) is 18.2 Å². The highest BCUT2D eigenvalue weighted by Crippen LogP contribution is 2.30. The second-order valence-electron chi connectivity index (χ2n) is 5.82. The van der Waals surface area contributed by atoms with Gasteiger partial charge in [-0.3, -0.25) is 14.9 Å². The second-order valence-corrected chi connectivity index (χ2v) is 5.82. The van der Waals surface area contributed by atoms with Crippen LogP contribution >= 0.6 is 0 Å². The normalized spacial score (nSPS) is 11.6. The molecule has 2 aromatic carbocycles. The first kappa shape index (κ1) is 20.3. The average Bonchev–Trinajstić information content (AvgIpc) is 2.67. The van der Waals surface area contributed by atoms with E-state index in [1.807, 2.05) is 18.2 Å². The minimum atomic E-state index is -0.875. The van der Waals surface area contributed by atoms with Gasteiger partial charge in [-0.1, -0.05) is 18.2 Å². The summed E-state index contributed by atoms with van der Waals surface area (Å²) < 4.78 is 0. The van der Waals surface area contributed by atoms with Gasteiger partial charge in [0.25, 0.3) is 5.69 Å². The fourth-order valence-electron chi connectivity index (χ4n) is 2.30. The van der Waals surface area contributed by atoms with Crippen LogP contribution in [0.2, 0.25) is 0 Å². The van der Waals surface area contributed by atoms with Crippen LogP contribution in [0.3, 0.4) is 0 Å². The number of nitrogens with zero attached hydrogens (tertiary/aromatic N) is 1. The minimum absolute atomic E-state index is 0.121. The number of rotatable bonds is 10. The molecule has 144 valence electrons. The van der Waals surface area contributed by atoms with E-state index in [9.17, 15) is 20.0 Å². The Bertz CT molecular complexity index is 770. The maximum absolute atomic E-state index is 11.9. The third-order valence-corrected chi connectivity index (χ3v) is 3.65. The molecular formula is C18H22N4O5. The van der Waals surface area contributed by atoms with Crippen LogP contribution in [0.1, 0.15) is 6.42 Å². The average molecular weight is 374 g/mol. The number of para-hydroxylation sites is 1. The summed E-state index contributed by atoms with van der Waals surface area (Å²) in [5, 5.41) is 37.7. The Morgan fingerprint density at radius 3 is 2.56 bits per heavy atom. The number of nitro benzene ring substituents is 1. The Balaban J connectivity index is 1.96. The monoisotopic (exact) mass is 374 g/mol. The molecule has 0 fully saturated rings. The zero-order chi connectivity index (χ0) is 19.6. The number of benzene rings is 2. The molecule has 27 heavy (non-hydrogen) atoms. The van der Waals surface area contributed by atoms with Crippen molar-refractivity contribution in [2.75, 3.05) is 30.3 Å². The number of carbonyl (C=O) groups is 1. The van der Waals surface area contributed by atoms with Gasteiger partial charge in [-0.15, -0.1) is 0 Å². The van der Waals surface area contributed by atoms with E-state index in [4.69, 9.17) is 5.11 Å². The molecule has 0 aliphatic carbocycles. The van der Waals surface area contributed by atoms with E-state index in [0.717, 1.165) is 0 Å². The molecule has 5 N–H and O–H groups in total. The zero-order valence-corrected chi connectivity index (χ0v) is 14.6. The van der Waals surface area contributed by atoms with Crippen molar-refractivity contribution in [3.8, 4) is 0 Å². The zero-order valence-electron chi connectivity index (χ0n) is 14.6. The van der Waals surface area contributed by atoms with Crippen LogP contribution in [-0.4, -0.2) is 46.8 Å². The Labute approximate surface area is 156 Å². The van der Waals surface area contributed by atoms with Crippen molar-refractivity contribution in [2.24, 2.45) is 0 Å². The third kappa shape index (κ3) is 6.66. The van der Waals surface area contributed by atoms with Crippen molar-refractivity contribution < 1.29 is 19.9 Å². The lowest BCUT2D eigenvalue weighted by Crippen LogP contribution is -2.31. The summed E-state index contributed by atoms with van der Waals surface area (Å²) in [6.45, 7) is 0.125. The molecular weight excluding hydrogens is 352 g/mol. The number of nitro groups is 1. The van der Waals surface area contributed by atoms with Gasteiger partial charge in [0, 0.05) is 37.0 Å². The summed E-state index contributed by atoms with van der Waals surface area (Å²) in [7, 11) is 0. The van der Waals surface area contributed by atoms with Crippen molar-refractivity contribution in [3.05, 3.63) is 58.6 Å². The van der Waals surface area contributed by atoms with Crippen LogP contribution in [0.5, 0.6) is 0 Å². The fraction of sp³-hybridized carbons (Fsp3) is 0.278. The highest BCUT2D eigenvalue weighted by molar-refractivity contribution is 5.92. The van der Waals surface area contributed by atoms with Gasteiger partial charge >= 0.3 is 0 Å². The minimum Gasteiger partial charge on any atom is -0.394 e. The lowest BCUT2D eigenvalue weighted by molar-refractivity contribution is -0.383. The molecule has 0 saturated carbocycles. The number of aliphatic hydroxyl groups excluding tert-OH is 2. The van der Waals surface area contributed by atoms with E-state index in [2.05, 4.69) is 16.0 Å². The number of hydrogen-bond donors (Lipinski definition) is 5. The van der Waals surface area contributed by atoms with Gasteiger partial charge in [-0.2, -0.15) is 0 Å². The molecule has 0 aromatic heterocycles. The molecule has 0 saturated heterocycles. The molecule has 0 spiro atoms. The molecule has 2 rings (SSSR count). The van der Waals surface area contributed by atoms with Crippen molar-refractivity contribution in [3.63, 3.8) is 0 Å². The summed E-state index contributed by atoms with van der Waals surface area (Å²) in [4.78, 5) is 22.8. The Morgan fingerprint density at radius 2 is 1.89 bits per heavy atom. The highest BCUT2D eigenvalue weighted by Gasteiger charge is 2.16. The number of aliphatic hydroxyl groups is 2. The molecule has 1 amide bonds. The lowest BCUT2D eigenvalue weighted by Gasteiger charge is -2.11. The van der Waals surface area contributed by atoms with Crippen LogP contribution in [0.4, 0.5) is 22.7 Å². The molecule has 0 aliphatic rings. The van der Waals surface area contributed by atoms with Crippen LogP contribution in [0, 0.1) is 10.1 Å². The number of anilines is 3. The second kappa shape index (κ2) is 10.2. The third-order valence-electron chi connectivity index (χ3n) is 3.65. The summed E-state index contributed by atoms with van der Waals surface area (Å²) in [6.07, 6.45) is -0.754. The fourth-order valence-corrected chi connectivity index (χ4v) is 2.30. The topological polar surface area (TPSA) is 137 Å². The molecule has 9 heteroatoms. The molecule has 0 bridgehead atoms. The predicted molar refractivity (Wildman–Crippen MR) is 102 cm³/mol. The number of amides is 1. The number of nitrogens with one attached hydrogen (secondary N) is 3. The summed E-state index contributed by atoms with van der Waals surface area (Å²) in [5.74, 6) is -0.320. The lowest BCUT2D eigenvalue weighted by atomic mass is 10.2. The Kier molecular flexibility index (Phi) is 7.68. The molecule has 0 radical (unpaired) electrons. The maximum Gasteiger partial charge on any atom is 0.294 e. The quantitative estimate of drug-likeness (QED) is 0.242. The van der Waals surface area contributed by atoms with Crippen LogP contribution < -0.4 is 16.0 Å². The summed E-state index contributed by atoms with van der Waals surface area (Å²) in [5.41, 5.74) is 1.21. The van der Waals surface area contributed by atoms with Gasteiger partial charge in [-0.25, -0.2) is 0 Å². The van der Waals surface area contributed by atoms with Gasteiger partial charge in [0.2, 0.25) is 5.91 Å². The van der Waals surface area contributed by atoms with Gasteiger partial charge in [-0.05, 0) is 24.3 Å². The van der Waals surface area contributed by atoms with E-state index in [1.165, 1.54) is 12.1 Å². The Hall–Kier alpha value is -3.01. The first-order chi connectivity index (χ1) is 13.0. The predicted octanol–water partition coefficient (Wildman–Crippen LogP) is 1.61. The molecule has 0 heterocycles.